The van der Waals surface area contributed by atoms with Crippen molar-refractivity contribution in [1.82, 2.24) is 36.3 Å². The van der Waals surface area contributed by atoms with Gasteiger partial charge < -0.3 is 25.8 Å². The van der Waals surface area contributed by atoms with Crippen LogP contribution in [0.3, 0.4) is 0 Å². The molecule has 2 aliphatic heterocycles. The average molecular weight is 568 g/mol. The highest BCUT2D eigenvalue weighted by Gasteiger charge is 2.67. The van der Waals surface area contributed by atoms with Crippen LogP contribution in [0, 0.1) is 0 Å². The molecule has 2 unspecified atom stereocenters. The standard InChI is InChI=1S/C21H25N7O6S3/c1-3-6-22-20(33)24-14(12-5-4-7-35-12)16(29)25-21(34-2)18(32)28-15(17(30)31)11(10-37-19(21)28)9-36-13-8-23-27-26-13/h4-5,7-8,14,19H,3,6,9-10H2,1-2H3,(H,25,29)(H,30,31)(H2,22,24,33)(H,23,26,27)/t14?,19?,21-/m0/s1. The van der Waals surface area contributed by atoms with Crippen LogP contribution in [0.2, 0.25) is 0 Å². The van der Waals surface area contributed by atoms with Gasteiger partial charge in [-0.25, -0.2) is 9.59 Å². The number of H-pyrrole nitrogens is 1. The summed E-state index contributed by atoms with van der Waals surface area (Å²) in [4.78, 5) is 53.0. The molecule has 4 heterocycles. The third-order valence-corrected chi connectivity index (χ3v) is 8.93. The van der Waals surface area contributed by atoms with Gasteiger partial charge in [-0.3, -0.25) is 14.5 Å². The van der Waals surface area contributed by atoms with Crippen LogP contribution < -0.4 is 16.0 Å². The number of fused-ring (bicyclic) bond motifs is 1. The summed E-state index contributed by atoms with van der Waals surface area (Å²) in [5.41, 5.74) is -1.39. The number of hydrogen-bond acceptors (Lipinski definition) is 10. The molecular weight excluding hydrogens is 542 g/mol. The number of amides is 4. The number of thioether (sulfide) groups is 2. The highest BCUT2D eigenvalue weighted by atomic mass is 32.2. The van der Waals surface area contributed by atoms with Gasteiger partial charge in [-0.15, -0.1) is 28.2 Å². The van der Waals surface area contributed by atoms with E-state index in [9.17, 15) is 24.3 Å². The van der Waals surface area contributed by atoms with E-state index in [1.54, 1.807) is 17.5 Å². The number of carbonyl (C=O) groups excluding carboxylic acids is 3. The van der Waals surface area contributed by atoms with Crippen molar-refractivity contribution in [3.05, 3.63) is 39.9 Å². The van der Waals surface area contributed by atoms with Crippen LogP contribution in [0.25, 0.3) is 0 Å². The summed E-state index contributed by atoms with van der Waals surface area (Å²) in [6.45, 7) is 2.33. The predicted octanol–water partition coefficient (Wildman–Crippen LogP) is 1.12. The molecule has 16 heteroatoms. The van der Waals surface area contributed by atoms with E-state index >= 15 is 0 Å². The maximum absolute atomic E-state index is 13.4. The first-order valence-electron chi connectivity index (χ1n) is 11.2. The van der Waals surface area contributed by atoms with Gasteiger partial charge in [-0.2, -0.15) is 10.3 Å². The predicted molar refractivity (Wildman–Crippen MR) is 137 cm³/mol. The van der Waals surface area contributed by atoms with Gasteiger partial charge in [-0.05, 0) is 23.4 Å². The first kappa shape index (κ1) is 27.0. The molecule has 2 aliphatic rings. The number of nitrogens with one attached hydrogen (secondary N) is 4. The molecule has 0 aliphatic carbocycles. The number of aromatic nitrogens is 3. The van der Waals surface area contributed by atoms with E-state index < -0.39 is 41.0 Å². The maximum Gasteiger partial charge on any atom is 0.352 e. The number of aliphatic carboxylic acids is 1. The van der Waals surface area contributed by atoms with Crippen molar-refractivity contribution < 1.29 is 29.0 Å². The summed E-state index contributed by atoms with van der Waals surface area (Å²) < 4.78 is 5.53. The highest BCUT2D eigenvalue weighted by molar-refractivity contribution is 8.01. The normalized spacial score (nSPS) is 21.6. The Kier molecular flexibility index (Phi) is 8.41. The minimum absolute atomic E-state index is 0.140. The fourth-order valence-electron chi connectivity index (χ4n) is 3.87. The van der Waals surface area contributed by atoms with Crippen molar-refractivity contribution in [1.29, 1.82) is 0 Å². The van der Waals surface area contributed by atoms with Crippen molar-refractivity contribution in [2.24, 2.45) is 0 Å². The van der Waals surface area contributed by atoms with Crippen molar-refractivity contribution in [3.8, 4) is 0 Å². The van der Waals surface area contributed by atoms with Crippen molar-refractivity contribution >= 4 is 58.7 Å². The molecule has 4 rings (SSSR count). The smallest absolute Gasteiger partial charge is 0.352 e. The molecule has 4 amide bonds. The Labute approximate surface area is 224 Å². The Bertz CT molecular complexity index is 1190. The number of methoxy groups -OCH3 is 1. The van der Waals surface area contributed by atoms with E-state index in [1.165, 1.54) is 48.2 Å². The van der Waals surface area contributed by atoms with Crippen LogP contribution in [-0.2, 0) is 19.1 Å². The topological polar surface area (TPSA) is 179 Å². The first-order valence-corrected chi connectivity index (χ1v) is 14.1. The molecular formula is C21H25N7O6S3. The Morgan fingerprint density at radius 3 is 2.86 bits per heavy atom. The van der Waals surface area contributed by atoms with Crippen LogP contribution >= 0.6 is 34.9 Å². The van der Waals surface area contributed by atoms with Gasteiger partial charge in [0.1, 0.15) is 22.1 Å². The molecule has 0 radical (unpaired) electrons. The zero-order chi connectivity index (χ0) is 26.6. The number of ether oxygens (including phenoxy) is 1. The largest absolute Gasteiger partial charge is 0.477 e. The molecule has 3 atom stereocenters. The summed E-state index contributed by atoms with van der Waals surface area (Å²) in [7, 11) is 1.28. The monoisotopic (exact) mass is 567 g/mol. The molecule has 0 spiro atoms. The zero-order valence-corrected chi connectivity index (χ0v) is 22.3. The highest BCUT2D eigenvalue weighted by Crippen LogP contribution is 2.47. The molecule has 1 saturated heterocycles. The molecule has 0 aromatic carbocycles. The van der Waals surface area contributed by atoms with Crippen LogP contribution in [0.4, 0.5) is 4.79 Å². The van der Waals surface area contributed by atoms with Crippen LogP contribution in [-0.4, -0.2) is 85.5 Å². The van der Waals surface area contributed by atoms with Crippen molar-refractivity contribution in [3.63, 3.8) is 0 Å². The van der Waals surface area contributed by atoms with Crippen molar-refractivity contribution in [2.45, 2.75) is 35.5 Å². The number of aromatic amines is 1. The van der Waals surface area contributed by atoms with Crippen LogP contribution in [0.5, 0.6) is 0 Å². The van der Waals surface area contributed by atoms with Gasteiger partial charge in [-0.1, -0.05) is 24.8 Å². The van der Waals surface area contributed by atoms with E-state index in [0.29, 0.717) is 33.5 Å². The molecule has 2 aromatic rings. The van der Waals surface area contributed by atoms with Crippen LogP contribution in [0.1, 0.15) is 24.3 Å². The van der Waals surface area contributed by atoms with Gasteiger partial charge in [0.2, 0.25) is 0 Å². The molecule has 2 aromatic heterocycles. The second-order valence-electron chi connectivity index (χ2n) is 7.97. The Morgan fingerprint density at radius 2 is 2.24 bits per heavy atom. The number of urea groups is 1. The summed E-state index contributed by atoms with van der Waals surface area (Å²) in [5, 5.41) is 29.6. The maximum atomic E-state index is 13.4. The molecule has 0 bridgehead atoms. The van der Waals surface area contributed by atoms with Gasteiger partial charge >= 0.3 is 12.0 Å². The lowest BCUT2D eigenvalue weighted by molar-refractivity contribution is -0.192. The van der Waals surface area contributed by atoms with E-state index in [-0.39, 0.29) is 5.70 Å². The van der Waals surface area contributed by atoms with E-state index in [0.717, 1.165) is 11.3 Å². The Morgan fingerprint density at radius 1 is 1.43 bits per heavy atom. The fourth-order valence-corrected chi connectivity index (χ4v) is 7.01. The third kappa shape index (κ3) is 5.32. The molecule has 1 fully saturated rings. The van der Waals surface area contributed by atoms with Crippen molar-refractivity contribution in [2.75, 3.05) is 25.2 Å². The molecule has 5 N–H and O–H groups in total. The van der Waals surface area contributed by atoms with Gasteiger partial charge in [0.25, 0.3) is 17.5 Å². The number of β-lactam (4-membered cyclic amide) rings is 1. The summed E-state index contributed by atoms with van der Waals surface area (Å²) in [6, 6.07) is 1.83. The van der Waals surface area contributed by atoms with Crippen LogP contribution in [0.15, 0.2) is 40.0 Å². The Hall–Kier alpha value is -3.08. The van der Waals surface area contributed by atoms with Gasteiger partial charge in [0, 0.05) is 30.0 Å². The number of nitrogens with zero attached hydrogens (tertiary/aromatic N) is 3. The number of thiophene rings is 1. The van der Waals surface area contributed by atoms with E-state index in [2.05, 4.69) is 31.4 Å². The average Bonchev–Trinajstić information content (AvgIpc) is 3.61. The molecule has 0 saturated carbocycles. The summed E-state index contributed by atoms with van der Waals surface area (Å²) in [5.74, 6) is -2.02. The molecule has 37 heavy (non-hydrogen) atoms. The lowest BCUT2D eigenvalue weighted by Gasteiger charge is -2.56. The van der Waals surface area contributed by atoms with Gasteiger partial charge in [0.15, 0.2) is 0 Å². The minimum Gasteiger partial charge on any atom is -0.477 e. The fraction of sp³-hybridized carbons (Fsp3) is 0.429. The quantitative estimate of drug-likeness (QED) is 0.150. The van der Waals surface area contributed by atoms with Gasteiger partial charge in [0.05, 0.1) is 6.20 Å². The second-order valence-corrected chi connectivity index (χ2v) is 11.0. The summed E-state index contributed by atoms with van der Waals surface area (Å²) in [6.07, 6.45) is 2.24. The third-order valence-electron chi connectivity index (χ3n) is 5.63. The molecule has 198 valence electrons. The number of carboxylic acid groups (broad SMARTS) is 1. The van der Waals surface area contributed by atoms with E-state index in [4.69, 9.17) is 4.74 Å². The minimum atomic E-state index is -1.79. The Balaban J connectivity index is 1.54. The second kappa shape index (κ2) is 11.5. The number of rotatable bonds is 11. The zero-order valence-electron chi connectivity index (χ0n) is 19.8. The number of carbonyl (C=O) groups is 4. The number of carboxylic acids is 1. The van der Waals surface area contributed by atoms with E-state index in [1.807, 2.05) is 6.92 Å². The molecule has 13 nitrogen and oxygen atoms in total. The lowest BCUT2D eigenvalue weighted by atomic mass is 9.97. The first-order chi connectivity index (χ1) is 17.8. The SMILES string of the molecule is CCCNC(=O)NC(C(=O)N[C@]1(OC)C(=O)N2C(C(=O)O)=C(CSc3cn[nH]n3)CSC21)c1cccs1. The lowest BCUT2D eigenvalue weighted by Crippen LogP contribution is -2.81. The summed E-state index contributed by atoms with van der Waals surface area (Å²) >= 11 is 3.84. The number of hydrogen-bond donors (Lipinski definition) is 5.